The predicted octanol–water partition coefficient (Wildman–Crippen LogP) is 2.13. The summed E-state index contributed by atoms with van der Waals surface area (Å²) in [4.78, 5) is 16.5. The van der Waals surface area contributed by atoms with Crippen LogP contribution in [0.25, 0.3) is 0 Å². The van der Waals surface area contributed by atoms with E-state index < -0.39 is 0 Å². The molecule has 1 saturated heterocycles. The van der Waals surface area contributed by atoms with E-state index in [-0.39, 0.29) is 30.3 Å². The van der Waals surface area contributed by atoms with Gasteiger partial charge in [0.05, 0.1) is 12.6 Å². The van der Waals surface area contributed by atoms with E-state index in [1.165, 1.54) is 5.56 Å². The van der Waals surface area contributed by atoms with Gasteiger partial charge in [0.1, 0.15) is 5.75 Å². The zero-order valence-electron chi connectivity index (χ0n) is 14.9. The molecule has 24 heavy (non-hydrogen) atoms. The topological polar surface area (TPSA) is 58.8 Å². The molecule has 136 valence electrons. The van der Waals surface area contributed by atoms with Crippen molar-refractivity contribution in [2.45, 2.75) is 33.4 Å². The number of halogens is 1. The van der Waals surface area contributed by atoms with Crippen LogP contribution in [0.4, 0.5) is 0 Å². The molecule has 1 aliphatic heterocycles. The molecule has 0 unspecified atom stereocenters. The smallest absolute Gasteiger partial charge is 0.239 e. The van der Waals surface area contributed by atoms with Gasteiger partial charge in [-0.1, -0.05) is 26.0 Å². The molecule has 1 amide bonds. The van der Waals surface area contributed by atoms with Crippen LogP contribution in [0.15, 0.2) is 24.3 Å². The van der Waals surface area contributed by atoms with Crippen LogP contribution < -0.4 is 10.5 Å². The van der Waals surface area contributed by atoms with Crippen LogP contribution in [0.5, 0.6) is 5.75 Å². The van der Waals surface area contributed by atoms with Crippen molar-refractivity contribution in [1.29, 1.82) is 0 Å². The Bertz CT molecular complexity index is 499. The lowest BCUT2D eigenvalue weighted by Gasteiger charge is -2.36. The van der Waals surface area contributed by atoms with Gasteiger partial charge in [-0.25, -0.2) is 0 Å². The van der Waals surface area contributed by atoms with Gasteiger partial charge in [-0.05, 0) is 30.5 Å². The summed E-state index contributed by atoms with van der Waals surface area (Å²) in [6.07, 6.45) is 0. The number of hydrogen-bond acceptors (Lipinski definition) is 4. The molecule has 2 N–H and O–H groups in total. The second-order valence-electron chi connectivity index (χ2n) is 6.45. The van der Waals surface area contributed by atoms with Crippen LogP contribution in [0.1, 0.15) is 26.3 Å². The number of nitrogens with two attached hydrogens (primary N) is 1. The fraction of sp³-hybridized carbons (Fsp3) is 0.611. The maximum atomic E-state index is 12.3. The highest BCUT2D eigenvalue weighted by Gasteiger charge is 2.26. The Labute approximate surface area is 151 Å². The van der Waals surface area contributed by atoms with Crippen molar-refractivity contribution in [3.8, 4) is 5.75 Å². The Morgan fingerprint density at radius 1 is 1.17 bits per heavy atom. The Balaban J connectivity index is 0.00000288. The molecule has 1 fully saturated rings. The van der Waals surface area contributed by atoms with E-state index in [0.717, 1.165) is 38.5 Å². The van der Waals surface area contributed by atoms with E-state index in [1.807, 2.05) is 37.8 Å². The molecule has 1 heterocycles. The molecule has 6 heteroatoms. The number of carbonyl (C=O) groups excluding carboxylic acids is 1. The number of piperazine rings is 1. The quantitative estimate of drug-likeness (QED) is 0.849. The molecule has 0 saturated carbocycles. The van der Waals surface area contributed by atoms with Crippen molar-refractivity contribution in [3.05, 3.63) is 29.8 Å². The number of benzene rings is 1. The number of amides is 1. The third-order valence-electron chi connectivity index (χ3n) is 4.33. The standard InChI is InChI=1S/C18H29N3O2.ClH/c1-4-23-16-7-5-15(6-8-16)13-20-9-11-21(12-10-20)18(22)17(19)14(2)3;/h5-8,14,17H,4,9-13,19H2,1-3H3;1H/t17-;/m0./s1. The Kier molecular flexibility index (Phi) is 8.53. The third-order valence-corrected chi connectivity index (χ3v) is 4.33. The van der Waals surface area contributed by atoms with Crippen LogP contribution in [-0.4, -0.2) is 54.5 Å². The summed E-state index contributed by atoms with van der Waals surface area (Å²) in [7, 11) is 0. The number of ether oxygens (including phenoxy) is 1. The number of hydrogen-bond donors (Lipinski definition) is 1. The van der Waals surface area contributed by atoms with Gasteiger partial charge in [0.15, 0.2) is 0 Å². The first kappa shape index (κ1) is 20.7. The van der Waals surface area contributed by atoms with Crippen molar-refractivity contribution >= 4 is 18.3 Å². The Morgan fingerprint density at radius 3 is 2.25 bits per heavy atom. The fourth-order valence-corrected chi connectivity index (χ4v) is 2.74. The third kappa shape index (κ3) is 5.65. The summed E-state index contributed by atoms with van der Waals surface area (Å²) in [6, 6.07) is 7.86. The lowest BCUT2D eigenvalue weighted by molar-refractivity contribution is -0.135. The van der Waals surface area contributed by atoms with Gasteiger partial charge in [-0.2, -0.15) is 0 Å². The normalized spacial score (nSPS) is 16.6. The van der Waals surface area contributed by atoms with Crippen molar-refractivity contribution in [1.82, 2.24) is 9.80 Å². The largest absolute Gasteiger partial charge is 0.494 e. The van der Waals surface area contributed by atoms with Gasteiger partial charge in [0, 0.05) is 32.7 Å². The van der Waals surface area contributed by atoms with Crippen molar-refractivity contribution in [3.63, 3.8) is 0 Å². The van der Waals surface area contributed by atoms with Crippen LogP contribution in [-0.2, 0) is 11.3 Å². The number of rotatable bonds is 6. The van der Waals surface area contributed by atoms with E-state index in [2.05, 4.69) is 17.0 Å². The van der Waals surface area contributed by atoms with E-state index in [9.17, 15) is 4.79 Å². The summed E-state index contributed by atoms with van der Waals surface area (Å²) in [6.45, 7) is 10.9. The Hall–Kier alpha value is -1.30. The molecule has 2 rings (SSSR count). The van der Waals surface area contributed by atoms with Crippen LogP contribution in [0.2, 0.25) is 0 Å². The molecule has 5 nitrogen and oxygen atoms in total. The second-order valence-corrected chi connectivity index (χ2v) is 6.45. The lowest BCUT2D eigenvalue weighted by atomic mass is 10.0. The van der Waals surface area contributed by atoms with Gasteiger partial charge < -0.3 is 15.4 Å². The summed E-state index contributed by atoms with van der Waals surface area (Å²) in [5.74, 6) is 1.18. The van der Waals surface area contributed by atoms with Crippen LogP contribution >= 0.6 is 12.4 Å². The van der Waals surface area contributed by atoms with Gasteiger partial charge in [0.2, 0.25) is 5.91 Å². The molecule has 1 aromatic rings. The molecule has 0 spiro atoms. The summed E-state index contributed by atoms with van der Waals surface area (Å²) in [5.41, 5.74) is 7.24. The predicted molar refractivity (Wildman–Crippen MR) is 99.5 cm³/mol. The number of nitrogens with zero attached hydrogens (tertiary/aromatic N) is 2. The van der Waals surface area contributed by atoms with E-state index in [4.69, 9.17) is 10.5 Å². The molecule has 1 aromatic carbocycles. The molecule has 0 bridgehead atoms. The van der Waals surface area contributed by atoms with Gasteiger partial charge in [-0.15, -0.1) is 12.4 Å². The average Bonchev–Trinajstić information content (AvgIpc) is 2.56. The number of carbonyl (C=O) groups is 1. The minimum Gasteiger partial charge on any atom is -0.494 e. The average molecular weight is 356 g/mol. The zero-order valence-corrected chi connectivity index (χ0v) is 15.7. The molecular weight excluding hydrogens is 326 g/mol. The van der Waals surface area contributed by atoms with E-state index in [1.54, 1.807) is 0 Å². The van der Waals surface area contributed by atoms with Crippen molar-refractivity contribution in [2.24, 2.45) is 11.7 Å². The molecular formula is C18H30ClN3O2. The van der Waals surface area contributed by atoms with Crippen molar-refractivity contribution < 1.29 is 9.53 Å². The molecule has 0 aliphatic carbocycles. The lowest BCUT2D eigenvalue weighted by Crippen LogP contribution is -2.54. The molecule has 0 radical (unpaired) electrons. The maximum Gasteiger partial charge on any atom is 0.239 e. The SMILES string of the molecule is CCOc1ccc(CN2CCN(C(=O)[C@@H](N)C(C)C)CC2)cc1.Cl. The summed E-state index contributed by atoms with van der Waals surface area (Å²) < 4.78 is 5.46. The zero-order chi connectivity index (χ0) is 16.8. The van der Waals surface area contributed by atoms with Gasteiger partial charge in [-0.3, -0.25) is 9.69 Å². The first-order valence-electron chi connectivity index (χ1n) is 8.49. The second kappa shape index (κ2) is 9.87. The summed E-state index contributed by atoms with van der Waals surface area (Å²) in [5, 5.41) is 0. The minimum absolute atomic E-state index is 0. The first-order valence-corrected chi connectivity index (χ1v) is 8.49. The van der Waals surface area contributed by atoms with Crippen LogP contribution in [0.3, 0.4) is 0 Å². The first-order chi connectivity index (χ1) is 11.0. The highest BCUT2D eigenvalue weighted by molar-refractivity contribution is 5.85. The van der Waals surface area contributed by atoms with E-state index >= 15 is 0 Å². The molecule has 1 atom stereocenters. The maximum absolute atomic E-state index is 12.3. The van der Waals surface area contributed by atoms with Crippen LogP contribution in [0, 0.1) is 5.92 Å². The fourth-order valence-electron chi connectivity index (χ4n) is 2.74. The Morgan fingerprint density at radius 2 is 1.75 bits per heavy atom. The van der Waals surface area contributed by atoms with Gasteiger partial charge in [0.25, 0.3) is 0 Å². The van der Waals surface area contributed by atoms with Crippen molar-refractivity contribution in [2.75, 3.05) is 32.8 Å². The molecule has 1 aliphatic rings. The summed E-state index contributed by atoms with van der Waals surface area (Å²) >= 11 is 0. The highest BCUT2D eigenvalue weighted by Crippen LogP contribution is 2.15. The highest BCUT2D eigenvalue weighted by atomic mass is 35.5. The molecule has 0 aromatic heterocycles. The monoisotopic (exact) mass is 355 g/mol. The van der Waals surface area contributed by atoms with E-state index in [0.29, 0.717) is 6.61 Å². The van der Waals surface area contributed by atoms with Gasteiger partial charge >= 0.3 is 0 Å². The minimum atomic E-state index is -0.382.